The molecule has 2 aromatic rings. The Hall–Kier alpha value is -1.95. The Morgan fingerprint density at radius 2 is 1.91 bits per heavy atom. The number of nitrogen functional groups attached to an aromatic ring is 1. The molecule has 5 nitrogen and oxygen atoms in total. The SMILES string of the molecule is CN(C)C(=O)c1ccccc1Oc1ccc(NN)c(Cl)c1.Cl. The Bertz CT molecular complexity index is 663. The van der Waals surface area contributed by atoms with Gasteiger partial charge in [0.05, 0.1) is 16.3 Å². The van der Waals surface area contributed by atoms with Gasteiger partial charge in [0.25, 0.3) is 5.91 Å². The number of amides is 1. The lowest BCUT2D eigenvalue weighted by molar-refractivity contribution is 0.0825. The van der Waals surface area contributed by atoms with Crippen LogP contribution in [-0.4, -0.2) is 24.9 Å². The summed E-state index contributed by atoms with van der Waals surface area (Å²) in [7, 11) is 3.38. The fraction of sp³-hybridized carbons (Fsp3) is 0.133. The first-order chi connectivity index (χ1) is 10.0. The van der Waals surface area contributed by atoms with Gasteiger partial charge in [-0.15, -0.1) is 12.4 Å². The molecule has 0 radical (unpaired) electrons. The summed E-state index contributed by atoms with van der Waals surface area (Å²) in [5.41, 5.74) is 3.57. The minimum absolute atomic E-state index is 0. The summed E-state index contributed by atoms with van der Waals surface area (Å²) in [6.45, 7) is 0. The van der Waals surface area contributed by atoms with Crippen molar-refractivity contribution in [3.05, 3.63) is 53.1 Å². The Morgan fingerprint density at radius 1 is 1.23 bits per heavy atom. The van der Waals surface area contributed by atoms with Gasteiger partial charge in [-0.2, -0.15) is 0 Å². The summed E-state index contributed by atoms with van der Waals surface area (Å²) in [5.74, 6) is 6.20. The van der Waals surface area contributed by atoms with Gasteiger partial charge in [-0.05, 0) is 24.3 Å². The van der Waals surface area contributed by atoms with Gasteiger partial charge >= 0.3 is 0 Å². The molecule has 0 heterocycles. The molecule has 2 aromatic carbocycles. The lowest BCUT2D eigenvalue weighted by Crippen LogP contribution is -2.22. The monoisotopic (exact) mass is 341 g/mol. The van der Waals surface area contributed by atoms with E-state index in [1.54, 1.807) is 56.6 Å². The topological polar surface area (TPSA) is 67.6 Å². The zero-order chi connectivity index (χ0) is 15.4. The van der Waals surface area contributed by atoms with Gasteiger partial charge in [0.1, 0.15) is 11.5 Å². The van der Waals surface area contributed by atoms with E-state index < -0.39 is 0 Å². The van der Waals surface area contributed by atoms with E-state index in [2.05, 4.69) is 5.43 Å². The second-order valence-corrected chi connectivity index (χ2v) is 4.99. The van der Waals surface area contributed by atoms with Crippen molar-refractivity contribution in [2.45, 2.75) is 0 Å². The molecule has 0 saturated carbocycles. The van der Waals surface area contributed by atoms with Crippen molar-refractivity contribution < 1.29 is 9.53 Å². The summed E-state index contributed by atoms with van der Waals surface area (Å²) in [6, 6.07) is 12.1. The Morgan fingerprint density at radius 3 is 2.50 bits per heavy atom. The minimum atomic E-state index is -0.128. The molecule has 0 aromatic heterocycles. The molecule has 2 rings (SSSR count). The maximum Gasteiger partial charge on any atom is 0.257 e. The lowest BCUT2D eigenvalue weighted by atomic mass is 10.2. The molecule has 118 valence electrons. The number of hydrogen-bond donors (Lipinski definition) is 2. The fourth-order valence-corrected chi connectivity index (χ4v) is 2.00. The molecule has 0 aliphatic rings. The molecule has 3 N–H and O–H groups in total. The molecule has 0 bridgehead atoms. The molecule has 0 unspecified atom stereocenters. The van der Waals surface area contributed by atoms with Crippen molar-refractivity contribution in [1.82, 2.24) is 4.90 Å². The highest BCUT2D eigenvalue weighted by Crippen LogP contribution is 2.31. The van der Waals surface area contributed by atoms with Crippen LogP contribution in [0, 0.1) is 0 Å². The summed E-state index contributed by atoms with van der Waals surface area (Å²) in [5, 5.41) is 0.436. The second-order valence-electron chi connectivity index (χ2n) is 4.58. The van der Waals surface area contributed by atoms with Gasteiger partial charge < -0.3 is 15.1 Å². The summed E-state index contributed by atoms with van der Waals surface area (Å²) >= 11 is 6.05. The third kappa shape index (κ3) is 4.04. The molecule has 1 amide bonds. The van der Waals surface area contributed by atoms with Crippen LogP contribution in [0.2, 0.25) is 5.02 Å². The number of benzene rings is 2. The van der Waals surface area contributed by atoms with Gasteiger partial charge in [-0.1, -0.05) is 23.7 Å². The highest BCUT2D eigenvalue weighted by Gasteiger charge is 2.14. The zero-order valence-electron chi connectivity index (χ0n) is 12.2. The number of hydrazine groups is 1. The molecule has 7 heteroatoms. The van der Waals surface area contributed by atoms with E-state index in [0.717, 1.165) is 0 Å². The van der Waals surface area contributed by atoms with E-state index in [1.165, 1.54) is 4.90 Å². The van der Waals surface area contributed by atoms with Crippen LogP contribution in [0.25, 0.3) is 0 Å². The highest BCUT2D eigenvalue weighted by atomic mass is 35.5. The fourth-order valence-electron chi connectivity index (χ4n) is 1.78. The number of hydrogen-bond acceptors (Lipinski definition) is 4. The summed E-state index contributed by atoms with van der Waals surface area (Å²) in [4.78, 5) is 13.6. The van der Waals surface area contributed by atoms with Crippen molar-refractivity contribution in [2.24, 2.45) is 5.84 Å². The molecule has 0 spiro atoms. The van der Waals surface area contributed by atoms with Crippen LogP contribution in [0.15, 0.2) is 42.5 Å². The maximum atomic E-state index is 12.1. The number of rotatable bonds is 4. The lowest BCUT2D eigenvalue weighted by Gasteiger charge is -2.15. The molecule has 0 aliphatic carbocycles. The average molecular weight is 342 g/mol. The van der Waals surface area contributed by atoms with E-state index >= 15 is 0 Å². The first-order valence-corrected chi connectivity index (χ1v) is 6.65. The second kappa shape index (κ2) is 7.89. The van der Waals surface area contributed by atoms with E-state index in [1.807, 2.05) is 0 Å². The molecule has 0 fully saturated rings. The van der Waals surface area contributed by atoms with Crippen molar-refractivity contribution in [2.75, 3.05) is 19.5 Å². The van der Waals surface area contributed by atoms with Crippen LogP contribution in [-0.2, 0) is 0 Å². The number of para-hydroxylation sites is 1. The normalized spacial score (nSPS) is 9.64. The number of nitrogens with two attached hydrogens (primary N) is 1. The van der Waals surface area contributed by atoms with E-state index in [9.17, 15) is 4.79 Å². The summed E-state index contributed by atoms with van der Waals surface area (Å²) in [6.07, 6.45) is 0. The number of nitrogens with zero attached hydrogens (tertiary/aromatic N) is 1. The minimum Gasteiger partial charge on any atom is -0.456 e. The molecule has 0 aliphatic heterocycles. The molecule has 0 saturated heterocycles. The first-order valence-electron chi connectivity index (χ1n) is 6.27. The number of ether oxygens (including phenoxy) is 1. The third-order valence-corrected chi connectivity index (χ3v) is 3.16. The van der Waals surface area contributed by atoms with Crippen LogP contribution >= 0.6 is 24.0 Å². The highest BCUT2D eigenvalue weighted by molar-refractivity contribution is 6.33. The molecular weight excluding hydrogens is 325 g/mol. The predicted molar refractivity (Wildman–Crippen MR) is 91.0 cm³/mol. The van der Waals surface area contributed by atoms with Crippen molar-refractivity contribution in [3.63, 3.8) is 0 Å². The van der Waals surface area contributed by atoms with Crippen molar-refractivity contribution in [3.8, 4) is 11.5 Å². The number of halogens is 2. The van der Waals surface area contributed by atoms with Gasteiger partial charge in [0.2, 0.25) is 0 Å². The summed E-state index contributed by atoms with van der Waals surface area (Å²) < 4.78 is 5.76. The number of carbonyl (C=O) groups is 1. The number of nitrogens with one attached hydrogen (secondary N) is 1. The number of carbonyl (C=O) groups excluding carboxylic acids is 1. The van der Waals surface area contributed by atoms with Crippen LogP contribution < -0.4 is 16.0 Å². The predicted octanol–water partition coefficient (Wildman–Crippen LogP) is 3.54. The molecule has 22 heavy (non-hydrogen) atoms. The zero-order valence-corrected chi connectivity index (χ0v) is 13.7. The van der Waals surface area contributed by atoms with Crippen LogP contribution in [0.3, 0.4) is 0 Å². The molecular formula is C15H17Cl2N3O2. The average Bonchev–Trinajstić information content (AvgIpc) is 2.47. The quantitative estimate of drug-likeness (QED) is 0.659. The Labute approximate surface area is 140 Å². The van der Waals surface area contributed by atoms with Gasteiger partial charge in [-0.3, -0.25) is 10.6 Å². The van der Waals surface area contributed by atoms with E-state index in [0.29, 0.717) is 27.8 Å². The van der Waals surface area contributed by atoms with E-state index in [4.69, 9.17) is 22.2 Å². The van der Waals surface area contributed by atoms with Gasteiger partial charge in [-0.25, -0.2) is 0 Å². The number of anilines is 1. The van der Waals surface area contributed by atoms with Gasteiger partial charge in [0, 0.05) is 20.2 Å². The standard InChI is InChI=1S/C15H16ClN3O2.ClH/c1-19(2)15(20)11-5-3-4-6-14(11)21-10-7-8-13(18-17)12(16)9-10;/h3-9,18H,17H2,1-2H3;1H. The van der Waals surface area contributed by atoms with Crippen molar-refractivity contribution in [1.29, 1.82) is 0 Å². The smallest absolute Gasteiger partial charge is 0.257 e. The van der Waals surface area contributed by atoms with Gasteiger partial charge in [0.15, 0.2) is 0 Å². The maximum absolute atomic E-state index is 12.1. The van der Waals surface area contributed by atoms with E-state index in [-0.39, 0.29) is 18.3 Å². The van der Waals surface area contributed by atoms with Crippen LogP contribution in [0.1, 0.15) is 10.4 Å². The van der Waals surface area contributed by atoms with Crippen LogP contribution in [0.4, 0.5) is 5.69 Å². The van der Waals surface area contributed by atoms with Crippen LogP contribution in [0.5, 0.6) is 11.5 Å². The third-order valence-electron chi connectivity index (χ3n) is 2.85. The first kappa shape index (κ1) is 18.1. The van der Waals surface area contributed by atoms with Crippen molar-refractivity contribution >= 4 is 35.6 Å². The molecule has 0 atom stereocenters. The Balaban J connectivity index is 0.00000242. The largest absolute Gasteiger partial charge is 0.456 e. The Kier molecular flexibility index (Phi) is 6.49.